The van der Waals surface area contributed by atoms with Crippen molar-refractivity contribution in [2.24, 2.45) is 5.73 Å². The van der Waals surface area contributed by atoms with E-state index in [2.05, 4.69) is 15.3 Å². The topological polar surface area (TPSA) is 102 Å². The summed E-state index contributed by atoms with van der Waals surface area (Å²) in [5.74, 6) is -1.04. The Morgan fingerprint density at radius 2 is 1.69 bits per heavy atom. The molecule has 0 spiro atoms. The van der Waals surface area contributed by atoms with Crippen LogP contribution in [-0.4, -0.2) is 26.2 Å². The second kappa shape index (κ2) is 7.20. The highest BCUT2D eigenvalue weighted by Gasteiger charge is 2.19. The van der Waals surface area contributed by atoms with Gasteiger partial charge in [0.25, 0.3) is 11.8 Å². The van der Waals surface area contributed by atoms with Gasteiger partial charge < -0.3 is 11.1 Å². The highest BCUT2D eigenvalue weighted by molar-refractivity contribution is 6.05. The van der Waals surface area contributed by atoms with E-state index in [1.807, 2.05) is 62.4 Å². The molecule has 4 rings (SSSR count). The molecular formula is C22H19N5O2. The van der Waals surface area contributed by atoms with Crippen LogP contribution in [0.3, 0.4) is 0 Å². The number of aromatic nitrogens is 3. The van der Waals surface area contributed by atoms with E-state index < -0.39 is 5.91 Å². The van der Waals surface area contributed by atoms with Gasteiger partial charge in [0, 0.05) is 11.3 Å². The van der Waals surface area contributed by atoms with Crippen LogP contribution in [0.5, 0.6) is 0 Å². The van der Waals surface area contributed by atoms with Gasteiger partial charge in [-0.15, -0.1) is 0 Å². The number of hydrogen-bond donors (Lipinski definition) is 2. The first-order valence-corrected chi connectivity index (χ1v) is 9.05. The van der Waals surface area contributed by atoms with Crippen molar-refractivity contribution >= 4 is 23.1 Å². The standard InChI is InChI=1S/C22H19N5O2/c1-13-8-14(2)10-16(9-13)25-22(29)18-11-17(15-6-4-3-5-7-15)26-21-19(20(23)28)24-12-27(18)21/h3-12H,1-2H3,(H2,23,28)(H,25,29). The van der Waals surface area contributed by atoms with Crippen LogP contribution in [0.15, 0.2) is 60.9 Å². The number of primary amides is 1. The zero-order chi connectivity index (χ0) is 20.5. The van der Waals surface area contributed by atoms with E-state index in [9.17, 15) is 9.59 Å². The third kappa shape index (κ3) is 3.58. The molecule has 4 aromatic rings. The van der Waals surface area contributed by atoms with E-state index in [4.69, 9.17) is 5.73 Å². The fraction of sp³-hybridized carbons (Fsp3) is 0.0909. The number of amides is 2. The Bertz CT molecular complexity index is 1220. The molecule has 0 aliphatic carbocycles. The highest BCUT2D eigenvalue weighted by atomic mass is 16.2. The Morgan fingerprint density at radius 1 is 1.00 bits per heavy atom. The number of nitrogens with two attached hydrogens (primary N) is 1. The summed E-state index contributed by atoms with van der Waals surface area (Å²) >= 11 is 0. The molecule has 0 atom stereocenters. The van der Waals surface area contributed by atoms with Crippen molar-refractivity contribution in [3.05, 3.63) is 83.4 Å². The average molecular weight is 385 g/mol. The summed E-state index contributed by atoms with van der Waals surface area (Å²) in [5.41, 5.74) is 10.1. The van der Waals surface area contributed by atoms with E-state index in [-0.39, 0.29) is 17.2 Å². The summed E-state index contributed by atoms with van der Waals surface area (Å²) in [6, 6.07) is 16.9. The summed E-state index contributed by atoms with van der Waals surface area (Å²) in [6.45, 7) is 3.94. The number of rotatable bonds is 4. The largest absolute Gasteiger partial charge is 0.364 e. The molecule has 0 fully saturated rings. The van der Waals surface area contributed by atoms with Crippen LogP contribution >= 0.6 is 0 Å². The van der Waals surface area contributed by atoms with Crippen LogP contribution in [-0.2, 0) is 0 Å². The first kappa shape index (κ1) is 18.4. The molecule has 29 heavy (non-hydrogen) atoms. The van der Waals surface area contributed by atoms with E-state index >= 15 is 0 Å². The number of aryl methyl sites for hydroxylation is 2. The van der Waals surface area contributed by atoms with Gasteiger partial charge in [-0.1, -0.05) is 36.4 Å². The average Bonchev–Trinajstić information content (AvgIpc) is 3.11. The maximum atomic E-state index is 13.1. The lowest BCUT2D eigenvalue weighted by atomic mass is 10.1. The zero-order valence-electron chi connectivity index (χ0n) is 16.0. The SMILES string of the molecule is Cc1cc(C)cc(NC(=O)c2cc(-c3ccccc3)nc3c(C(N)=O)ncn23)c1. The molecule has 0 aliphatic rings. The van der Waals surface area contributed by atoms with Gasteiger partial charge in [0.15, 0.2) is 11.3 Å². The Kier molecular flexibility index (Phi) is 4.56. The molecule has 3 N–H and O–H groups in total. The van der Waals surface area contributed by atoms with Crippen LogP contribution in [0.1, 0.15) is 32.1 Å². The molecule has 2 aromatic heterocycles. The van der Waals surface area contributed by atoms with Crippen molar-refractivity contribution in [1.82, 2.24) is 14.4 Å². The number of fused-ring (bicyclic) bond motifs is 1. The zero-order valence-corrected chi connectivity index (χ0v) is 16.0. The van der Waals surface area contributed by atoms with E-state index in [0.717, 1.165) is 16.7 Å². The van der Waals surface area contributed by atoms with Crippen molar-refractivity contribution in [1.29, 1.82) is 0 Å². The van der Waals surface area contributed by atoms with Crippen LogP contribution in [0, 0.1) is 13.8 Å². The van der Waals surface area contributed by atoms with Gasteiger partial charge in [-0.2, -0.15) is 0 Å². The Labute approximate surface area is 167 Å². The quantitative estimate of drug-likeness (QED) is 0.562. The number of nitrogens with one attached hydrogen (secondary N) is 1. The number of benzene rings is 2. The molecule has 0 saturated heterocycles. The molecule has 144 valence electrons. The molecule has 2 amide bonds. The molecular weight excluding hydrogens is 366 g/mol. The molecule has 0 unspecified atom stereocenters. The smallest absolute Gasteiger partial charge is 0.272 e. The molecule has 7 heteroatoms. The molecule has 2 aromatic carbocycles. The number of carbonyl (C=O) groups is 2. The minimum absolute atomic E-state index is 0.0169. The number of imidazole rings is 1. The first-order chi connectivity index (χ1) is 13.9. The van der Waals surface area contributed by atoms with Crippen molar-refractivity contribution in [2.75, 3.05) is 5.32 Å². The third-order valence-electron chi connectivity index (χ3n) is 4.52. The van der Waals surface area contributed by atoms with Gasteiger partial charge in [-0.25, -0.2) is 9.97 Å². The van der Waals surface area contributed by atoms with E-state index in [1.54, 1.807) is 6.07 Å². The summed E-state index contributed by atoms with van der Waals surface area (Å²) in [6.07, 6.45) is 1.38. The summed E-state index contributed by atoms with van der Waals surface area (Å²) in [4.78, 5) is 33.5. The van der Waals surface area contributed by atoms with Crippen LogP contribution in [0.4, 0.5) is 5.69 Å². The lowest BCUT2D eigenvalue weighted by Gasteiger charge is -2.11. The minimum atomic E-state index is -0.703. The summed E-state index contributed by atoms with van der Waals surface area (Å²) in [5, 5.41) is 2.92. The van der Waals surface area contributed by atoms with Crippen molar-refractivity contribution < 1.29 is 9.59 Å². The van der Waals surface area contributed by atoms with Gasteiger partial charge in [0.05, 0.1) is 5.69 Å². The predicted molar refractivity (Wildman–Crippen MR) is 111 cm³/mol. The first-order valence-electron chi connectivity index (χ1n) is 9.05. The van der Waals surface area contributed by atoms with Gasteiger partial charge >= 0.3 is 0 Å². The normalized spacial score (nSPS) is 10.8. The summed E-state index contributed by atoms with van der Waals surface area (Å²) in [7, 11) is 0. The Morgan fingerprint density at radius 3 is 2.34 bits per heavy atom. The van der Waals surface area contributed by atoms with Crippen LogP contribution in [0.25, 0.3) is 16.9 Å². The van der Waals surface area contributed by atoms with E-state index in [1.165, 1.54) is 10.7 Å². The van der Waals surface area contributed by atoms with E-state index in [0.29, 0.717) is 17.1 Å². The van der Waals surface area contributed by atoms with Gasteiger partial charge in [-0.05, 0) is 43.2 Å². The predicted octanol–water partition coefficient (Wildman–Crippen LogP) is 3.36. The minimum Gasteiger partial charge on any atom is -0.364 e. The lowest BCUT2D eigenvalue weighted by Crippen LogP contribution is -2.18. The van der Waals surface area contributed by atoms with Gasteiger partial charge in [0.2, 0.25) is 0 Å². The second-order valence-corrected chi connectivity index (χ2v) is 6.87. The molecule has 0 aliphatic heterocycles. The maximum absolute atomic E-state index is 13.1. The van der Waals surface area contributed by atoms with Crippen LogP contribution < -0.4 is 11.1 Å². The fourth-order valence-electron chi connectivity index (χ4n) is 3.32. The number of carbonyl (C=O) groups excluding carboxylic acids is 2. The van der Waals surface area contributed by atoms with Crippen molar-refractivity contribution in [2.45, 2.75) is 13.8 Å². The van der Waals surface area contributed by atoms with Gasteiger partial charge in [0.1, 0.15) is 12.0 Å². The number of nitrogens with zero attached hydrogens (tertiary/aromatic N) is 3. The number of anilines is 1. The van der Waals surface area contributed by atoms with Crippen molar-refractivity contribution in [3.8, 4) is 11.3 Å². The lowest BCUT2D eigenvalue weighted by molar-refractivity contribution is 0.0993. The Balaban J connectivity index is 1.86. The molecule has 2 heterocycles. The monoisotopic (exact) mass is 385 g/mol. The molecule has 0 bridgehead atoms. The highest BCUT2D eigenvalue weighted by Crippen LogP contribution is 2.22. The molecule has 7 nitrogen and oxygen atoms in total. The van der Waals surface area contributed by atoms with Crippen molar-refractivity contribution in [3.63, 3.8) is 0 Å². The molecule has 0 radical (unpaired) electrons. The maximum Gasteiger partial charge on any atom is 0.272 e. The second-order valence-electron chi connectivity index (χ2n) is 6.87. The fourth-order valence-corrected chi connectivity index (χ4v) is 3.32. The Hall–Kier alpha value is -4.00. The van der Waals surface area contributed by atoms with Gasteiger partial charge in [-0.3, -0.25) is 14.0 Å². The van der Waals surface area contributed by atoms with Crippen LogP contribution in [0.2, 0.25) is 0 Å². The summed E-state index contributed by atoms with van der Waals surface area (Å²) < 4.78 is 1.48. The molecule has 0 saturated carbocycles. The third-order valence-corrected chi connectivity index (χ3v) is 4.52. The number of hydrogen-bond acceptors (Lipinski definition) is 4.